The van der Waals surface area contributed by atoms with Crippen LogP contribution in [0.25, 0.3) is 0 Å². The van der Waals surface area contributed by atoms with Gasteiger partial charge in [-0.1, -0.05) is 6.07 Å². The molecule has 2 heterocycles. The van der Waals surface area contributed by atoms with Crippen molar-refractivity contribution in [2.45, 2.75) is 46.2 Å². The van der Waals surface area contributed by atoms with E-state index in [4.69, 9.17) is 0 Å². The number of guanidine groups is 1. The molecule has 1 N–H and O–H groups in total. The molecule has 1 aromatic rings. The van der Waals surface area contributed by atoms with Crippen molar-refractivity contribution in [2.75, 3.05) is 51.2 Å². The molecule has 6 nitrogen and oxygen atoms in total. The number of pyridine rings is 1. The average Bonchev–Trinajstić information content (AvgIpc) is 2.65. The third-order valence-corrected chi connectivity index (χ3v) is 4.97. The van der Waals surface area contributed by atoms with E-state index in [9.17, 15) is 0 Å². The second kappa shape index (κ2) is 10.4. The standard InChI is InChI=1S/C20H36N6/c1-17(2)26(18(3)4)12-8-11-23-20(21-5)25-15-13-24(14-16-25)19-9-6-7-10-22-19/h6-7,9-10,17-18H,8,11-16H2,1-5H3,(H,21,23). The van der Waals surface area contributed by atoms with E-state index >= 15 is 0 Å². The Bertz CT molecular complexity index is 526. The molecule has 0 bridgehead atoms. The molecule has 1 fully saturated rings. The molecular formula is C20H36N6. The number of hydrogen-bond donors (Lipinski definition) is 1. The van der Waals surface area contributed by atoms with Gasteiger partial charge in [0.2, 0.25) is 0 Å². The maximum absolute atomic E-state index is 4.48. The first-order valence-electron chi connectivity index (χ1n) is 9.90. The smallest absolute Gasteiger partial charge is 0.193 e. The predicted octanol–water partition coefficient (Wildman–Crippen LogP) is 2.29. The molecule has 0 atom stereocenters. The Labute approximate surface area is 159 Å². The van der Waals surface area contributed by atoms with Crippen LogP contribution in [-0.2, 0) is 0 Å². The van der Waals surface area contributed by atoms with Gasteiger partial charge in [0.25, 0.3) is 0 Å². The topological polar surface area (TPSA) is 47.0 Å². The van der Waals surface area contributed by atoms with Crippen LogP contribution >= 0.6 is 0 Å². The lowest BCUT2D eigenvalue weighted by molar-refractivity contribution is 0.173. The molecule has 0 spiro atoms. The quantitative estimate of drug-likeness (QED) is 0.459. The van der Waals surface area contributed by atoms with Crippen LogP contribution in [0.15, 0.2) is 29.4 Å². The summed E-state index contributed by atoms with van der Waals surface area (Å²) in [7, 11) is 1.88. The van der Waals surface area contributed by atoms with E-state index in [1.165, 1.54) is 0 Å². The van der Waals surface area contributed by atoms with Gasteiger partial charge in [0.1, 0.15) is 5.82 Å². The molecule has 1 aromatic heterocycles. The van der Waals surface area contributed by atoms with Crippen molar-refractivity contribution in [3.63, 3.8) is 0 Å². The summed E-state index contributed by atoms with van der Waals surface area (Å²) in [6.07, 6.45) is 2.99. The van der Waals surface area contributed by atoms with Crippen molar-refractivity contribution in [3.05, 3.63) is 24.4 Å². The van der Waals surface area contributed by atoms with Crippen LogP contribution in [0.5, 0.6) is 0 Å². The fourth-order valence-corrected chi connectivity index (χ4v) is 3.59. The summed E-state index contributed by atoms with van der Waals surface area (Å²) in [4.78, 5) is 16.2. The summed E-state index contributed by atoms with van der Waals surface area (Å²) in [6.45, 7) is 15.1. The molecule has 0 unspecified atom stereocenters. The minimum atomic E-state index is 0.592. The number of aromatic nitrogens is 1. The second-order valence-corrected chi connectivity index (χ2v) is 7.41. The van der Waals surface area contributed by atoms with Crippen LogP contribution in [0.4, 0.5) is 5.82 Å². The highest BCUT2D eigenvalue weighted by atomic mass is 15.4. The van der Waals surface area contributed by atoms with Crippen LogP contribution in [0.1, 0.15) is 34.1 Å². The average molecular weight is 361 g/mol. The maximum atomic E-state index is 4.48. The summed E-state index contributed by atoms with van der Waals surface area (Å²) in [5, 5.41) is 3.54. The van der Waals surface area contributed by atoms with Gasteiger partial charge in [-0.2, -0.15) is 0 Å². The number of hydrogen-bond acceptors (Lipinski definition) is 4. The minimum Gasteiger partial charge on any atom is -0.356 e. The number of anilines is 1. The van der Waals surface area contributed by atoms with Gasteiger partial charge >= 0.3 is 0 Å². The minimum absolute atomic E-state index is 0.592. The number of piperazine rings is 1. The highest BCUT2D eigenvalue weighted by Crippen LogP contribution is 2.12. The molecule has 1 aliphatic heterocycles. The lowest BCUT2D eigenvalue weighted by Gasteiger charge is -2.37. The van der Waals surface area contributed by atoms with Gasteiger partial charge in [0, 0.05) is 64.6 Å². The Balaban J connectivity index is 1.74. The van der Waals surface area contributed by atoms with E-state index < -0.39 is 0 Å². The van der Waals surface area contributed by atoms with Crippen molar-refractivity contribution >= 4 is 11.8 Å². The monoisotopic (exact) mass is 360 g/mol. The van der Waals surface area contributed by atoms with Gasteiger partial charge in [-0.3, -0.25) is 9.89 Å². The molecule has 6 heteroatoms. The maximum Gasteiger partial charge on any atom is 0.193 e. The Kier molecular flexibility index (Phi) is 8.16. The summed E-state index contributed by atoms with van der Waals surface area (Å²) >= 11 is 0. The molecule has 1 saturated heterocycles. The van der Waals surface area contributed by atoms with Gasteiger partial charge in [-0.15, -0.1) is 0 Å². The van der Waals surface area contributed by atoms with Crippen molar-refractivity contribution in [1.82, 2.24) is 20.1 Å². The van der Waals surface area contributed by atoms with E-state index in [0.717, 1.165) is 57.5 Å². The summed E-state index contributed by atoms with van der Waals surface area (Å²) in [6, 6.07) is 7.28. The second-order valence-electron chi connectivity index (χ2n) is 7.41. The fourth-order valence-electron chi connectivity index (χ4n) is 3.59. The Morgan fingerprint density at radius 1 is 1.15 bits per heavy atom. The Morgan fingerprint density at radius 3 is 2.38 bits per heavy atom. The van der Waals surface area contributed by atoms with Crippen molar-refractivity contribution in [3.8, 4) is 0 Å². The molecular weight excluding hydrogens is 324 g/mol. The summed E-state index contributed by atoms with van der Waals surface area (Å²) in [5.74, 6) is 2.09. The number of nitrogens with one attached hydrogen (secondary N) is 1. The molecule has 0 aromatic carbocycles. The predicted molar refractivity (Wildman–Crippen MR) is 111 cm³/mol. The number of rotatable bonds is 7. The largest absolute Gasteiger partial charge is 0.356 e. The normalized spacial score (nSPS) is 16.1. The van der Waals surface area contributed by atoms with Gasteiger partial charge < -0.3 is 15.1 Å². The van der Waals surface area contributed by atoms with Crippen LogP contribution in [0.2, 0.25) is 0 Å². The zero-order valence-corrected chi connectivity index (χ0v) is 17.1. The molecule has 26 heavy (non-hydrogen) atoms. The van der Waals surface area contributed by atoms with Crippen molar-refractivity contribution < 1.29 is 0 Å². The van der Waals surface area contributed by atoms with Crippen LogP contribution in [0.3, 0.4) is 0 Å². The molecule has 0 saturated carbocycles. The summed E-state index contributed by atoms with van der Waals surface area (Å²) in [5.41, 5.74) is 0. The highest BCUT2D eigenvalue weighted by Gasteiger charge is 2.20. The SMILES string of the molecule is CN=C(NCCCN(C(C)C)C(C)C)N1CCN(c2ccccn2)CC1. The van der Waals surface area contributed by atoms with Crippen LogP contribution in [0, 0.1) is 0 Å². The lowest BCUT2D eigenvalue weighted by Crippen LogP contribution is -2.53. The summed E-state index contributed by atoms with van der Waals surface area (Å²) < 4.78 is 0. The molecule has 2 rings (SSSR count). The Hall–Kier alpha value is -1.82. The van der Waals surface area contributed by atoms with E-state index in [0.29, 0.717) is 12.1 Å². The Morgan fingerprint density at radius 2 is 1.85 bits per heavy atom. The van der Waals surface area contributed by atoms with E-state index in [1.807, 2.05) is 25.4 Å². The first-order valence-corrected chi connectivity index (χ1v) is 9.90. The van der Waals surface area contributed by atoms with Crippen LogP contribution in [-0.4, -0.2) is 79.1 Å². The van der Waals surface area contributed by atoms with E-state index in [1.54, 1.807) is 0 Å². The first kappa shape index (κ1) is 20.5. The third kappa shape index (κ3) is 5.87. The number of aliphatic imine (C=N–C) groups is 1. The highest BCUT2D eigenvalue weighted by molar-refractivity contribution is 5.80. The van der Waals surface area contributed by atoms with Gasteiger partial charge in [0.15, 0.2) is 5.96 Å². The van der Waals surface area contributed by atoms with Crippen LogP contribution < -0.4 is 10.2 Å². The van der Waals surface area contributed by atoms with Crippen molar-refractivity contribution in [2.24, 2.45) is 4.99 Å². The van der Waals surface area contributed by atoms with Gasteiger partial charge in [-0.25, -0.2) is 4.98 Å². The van der Waals surface area contributed by atoms with E-state index in [-0.39, 0.29) is 0 Å². The van der Waals surface area contributed by atoms with Crippen molar-refractivity contribution in [1.29, 1.82) is 0 Å². The molecule has 0 amide bonds. The zero-order chi connectivity index (χ0) is 18.9. The molecule has 146 valence electrons. The fraction of sp³-hybridized carbons (Fsp3) is 0.700. The van der Waals surface area contributed by atoms with Gasteiger partial charge in [0.05, 0.1) is 0 Å². The molecule has 1 aliphatic rings. The number of nitrogens with zero attached hydrogens (tertiary/aromatic N) is 5. The first-order chi connectivity index (χ1) is 12.5. The van der Waals surface area contributed by atoms with E-state index in [2.05, 4.69) is 63.8 Å². The third-order valence-electron chi connectivity index (χ3n) is 4.97. The zero-order valence-electron chi connectivity index (χ0n) is 17.1. The molecule has 0 radical (unpaired) electrons. The lowest BCUT2D eigenvalue weighted by atomic mass is 10.2. The van der Waals surface area contributed by atoms with Gasteiger partial charge in [-0.05, 0) is 46.2 Å². The molecule has 0 aliphatic carbocycles.